The number of carbonyl (C=O) groups is 2. The number of aliphatic hydroxyl groups is 1. The van der Waals surface area contributed by atoms with Crippen molar-refractivity contribution in [2.24, 2.45) is 7.05 Å². The normalized spacial score (nSPS) is 19.2. The average Bonchev–Trinajstić information content (AvgIpc) is 3.16. The predicted octanol–water partition coefficient (Wildman–Crippen LogP) is 0.818. The highest BCUT2D eigenvalue weighted by atomic mass is 16.5. The van der Waals surface area contributed by atoms with Crippen molar-refractivity contribution < 1.29 is 19.4 Å². The van der Waals surface area contributed by atoms with Gasteiger partial charge in [0, 0.05) is 44.4 Å². The van der Waals surface area contributed by atoms with Gasteiger partial charge in [0.15, 0.2) is 0 Å². The smallest absolute Gasteiger partial charge is 0.374 e. The molecular weight excluding hydrogens is 334 g/mol. The highest BCUT2D eigenvalue weighted by molar-refractivity contribution is 5.90. The number of nitrogens with zero attached hydrogens (tertiary/aromatic N) is 3. The van der Waals surface area contributed by atoms with Crippen LogP contribution in [0.5, 0.6) is 0 Å². The van der Waals surface area contributed by atoms with E-state index in [1.807, 2.05) is 6.07 Å². The molecule has 1 fully saturated rings. The van der Waals surface area contributed by atoms with Crippen molar-refractivity contribution in [3.63, 3.8) is 0 Å². The number of imidazole rings is 1. The van der Waals surface area contributed by atoms with E-state index in [9.17, 15) is 14.7 Å². The number of benzene rings is 1. The van der Waals surface area contributed by atoms with Crippen LogP contribution in [-0.4, -0.2) is 57.7 Å². The summed E-state index contributed by atoms with van der Waals surface area (Å²) in [6, 6.07) is 7.23. The third kappa shape index (κ3) is 3.19. The fourth-order valence-electron chi connectivity index (χ4n) is 2.79. The number of esters is 1. The summed E-state index contributed by atoms with van der Waals surface area (Å²) in [5, 5.41) is 10.4. The molecule has 0 aliphatic carbocycles. The summed E-state index contributed by atoms with van der Waals surface area (Å²) in [6.07, 6.45) is 2.01. The molecule has 1 aliphatic heterocycles. The molecule has 1 atom stereocenters. The molecule has 134 valence electrons. The quantitative estimate of drug-likeness (QED) is 0.638. The number of likely N-dealkylation sites (N-methyl/N-ethyl adjacent to an activating group) is 1. The van der Waals surface area contributed by atoms with Gasteiger partial charge in [0.25, 0.3) is 5.91 Å². The highest BCUT2D eigenvalue weighted by Crippen LogP contribution is 2.22. The zero-order chi connectivity index (χ0) is 18.9. The molecule has 0 unspecified atom stereocenters. The van der Waals surface area contributed by atoms with Crippen molar-refractivity contribution in [3.8, 4) is 23.1 Å². The zero-order valence-corrected chi connectivity index (χ0v) is 14.8. The lowest BCUT2D eigenvalue weighted by Gasteiger charge is -2.13. The molecule has 0 bridgehead atoms. The molecule has 0 spiro atoms. The molecule has 2 aromatic rings. The number of likely N-dealkylation sites (tertiary alicyclic amines) is 1. The van der Waals surface area contributed by atoms with Crippen LogP contribution in [0.4, 0.5) is 0 Å². The SMILES string of the molecule is COC(=O)c1nc(-c2cccc(C#C[C@]3(O)CCN(C)C3=O)c2)cn1C. The Morgan fingerprint density at radius 1 is 1.38 bits per heavy atom. The standard InChI is InChI=1S/C19H19N3O4/c1-21-10-9-19(25,18(21)24)8-7-13-5-4-6-14(11-13)15-12-22(2)16(20-15)17(23)26-3/h4-6,11-12,25H,9-10H2,1-3H3/t19-/m0/s1. The number of hydrogen-bond acceptors (Lipinski definition) is 5. The summed E-state index contributed by atoms with van der Waals surface area (Å²) in [4.78, 5) is 29.4. The number of hydrogen-bond donors (Lipinski definition) is 1. The number of rotatable bonds is 2. The van der Waals surface area contributed by atoms with Gasteiger partial charge in [0.2, 0.25) is 11.4 Å². The van der Waals surface area contributed by atoms with Gasteiger partial charge in [-0.2, -0.15) is 0 Å². The van der Waals surface area contributed by atoms with Gasteiger partial charge in [-0.25, -0.2) is 9.78 Å². The van der Waals surface area contributed by atoms with Crippen molar-refractivity contribution >= 4 is 11.9 Å². The Morgan fingerprint density at radius 3 is 2.81 bits per heavy atom. The lowest BCUT2D eigenvalue weighted by Crippen LogP contribution is -2.37. The molecule has 3 rings (SSSR count). The fraction of sp³-hybridized carbons (Fsp3) is 0.316. The van der Waals surface area contributed by atoms with Crippen LogP contribution >= 0.6 is 0 Å². The molecule has 1 aromatic carbocycles. The van der Waals surface area contributed by atoms with Crippen molar-refractivity contribution in [2.45, 2.75) is 12.0 Å². The van der Waals surface area contributed by atoms with Crippen LogP contribution in [0.25, 0.3) is 11.3 Å². The van der Waals surface area contributed by atoms with E-state index in [1.165, 1.54) is 12.0 Å². The molecule has 1 N–H and O–H groups in total. The molecule has 0 radical (unpaired) electrons. The summed E-state index contributed by atoms with van der Waals surface area (Å²) >= 11 is 0. The van der Waals surface area contributed by atoms with E-state index in [0.717, 1.165) is 5.56 Å². The Balaban J connectivity index is 1.90. The summed E-state index contributed by atoms with van der Waals surface area (Å²) in [5.74, 6) is 4.87. The van der Waals surface area contributed by atoms with Crippen LogP contribution < -0.4 is 0 Å². The van der Waals surface area contributed by atoms with Gasteiger partial charge in [-0.3, -0.25) is 4.79 Å². The van der Waals surface area contributed by atoms with Gasteiger partial charge in [0.05, 0.1) is 12.8 Å². The second-order valence-electron chi connectivity index (χ2n) is 6.22. The van der Waals surface area contributed by atoms with E-state index in [0.29, 0.717) is 17.8 Å². The Bertz CT molecular complexity index is 938. The molecule has 2 heterocycles. The molecule has 1 aromatic heterocycles. The molecule has 7 nitrogen and oxygen atoms in total. The maximum absolute atomic E-state index is 12.0. The number of methoxy groups -OCH3 is 1. The second kappa shape index (κ2) is 6.65. The van der Waals surface area contributed by atoms with Gasteiger partial charge in [-0.15, -0.1) is 0 Å². The molecule has 0 saturated carbocycles. The Morgan fingerprint density at radius 2 is 2.15 bits per heavy atom. The van der Waals surface area contributed by atoms with E-state index in [2.05, 4.69) is 16.8 Å². The molecule has 1 aliphatic rings. The number of aromatic nitrogens is 2. The Labute approximate surface area is 151 Å². The maximum atomic E-state index is 12.0. The Kier molecular flexibility index (Phi) is 4.53. The predicted molar refractivity (Wildman–Crippen MR) is 94.1 cm³/mol. The third-order valence-electron chi connectivity index (χ3n) is 4.33. The fourth-order valence-corrected chi connectivity index (χ4v) is 2.79. The first-order chi connectivity index (χ1) is 12.3. The second-order valence-corrected chi connectivity index (χ2v) is 6.22. The van der Waals surface area contributed by atoms with Crippen molar-refractivity contribution in [3.05, 3.63) is 41.9 Å². The lowest BCUT2D eigenvalue weighted by atomic mass is 10.0. The number of aryl methyl sites for hydroxylation is 1. The van der Waals surface area contributed by atoms with E-state index < -0.39 is 11.6 Å². The Hall–Kier alpha value is -3.11. The van der Waals surface area contributed by atoms with Crippen molar-refractivity contribution in [1.29, 1.82) is 0 Å². The van der Waals surface area contributed by atoms with Crippen LogP contribution in [0.15, 0.2) is 30.5 Å². The van der Waals surface area contributed by atoms with Gasteiger partial charge < -0.3 is 19.3 Å². The first-order valence-electron chi connectivity index (χ1n) is 8.07. The minimum Gasteiger partial charge on any atom is -0.463 e. The van der Waals surface area contributed by atoms with Crippen LogP contribution in [-0.2, 0) is 16.6 Å². The number of carbonyl (C=O) groups excluding carboxylic acids is 2. The average molecular weight is 353 g/mol. The van der Waals surface area contributed by atoms with E-state index >= 15 is 0 Å². The first-order valence-corrected chi connectivity index (χ1v) is 8.07. The molecule has 1 amide bonds. The number of amides is 1. The van der Waals surface area contributed by atoms with Crippen LogP contribution in [0.3, 0.4) is 0 Å². The maximum Gasteiger partial charge on any atom is 0.374 e. The van der Waals surface area contributed by atoms with E-state index in [4.69, 9.17) is 4.74 Å². The molecular formula is C19H19N3O4. The largest absolute Gasteiger partial charge is 0.463 e. The third-order valence-corrected chi connectivity index (χ3v) is 4.33. The van der Waals surface area contributed by atoms with Gasteiger partial charge in [-0.05, 0) is 12.1 Å². The monoisotopic (exact) mass is 353 g/mol. The lowest BCUT2D eigenvalue weighted by molar-refractivity contribution is -0.137. The summed E-state index contributed by atoms with van der Waals surface area (Å²) in [6.45, 7) is 0.480. The van der Waals surface area contributed by atoms with Crippen LogP contribution in [0.1, 0.15) is 22.6 Å². The zero-order valence-electron chi connectivity index (χ0n) is 14.8. The van der Waals surface area contributed by atoms with Crippen LogP contribution in [0.2, 0.25) is 0 Å². The number of ether oxygens (including phenoxy) is 1. The summed E-state index contributed by atoms with van der Waals surface area (Å²) in [5.41, 5.74) is 0.383. The summed E-state index contributed by atoms with van der Waals surface area (Å²) in [7, 11) is 4.66. The first kappa shape index (κ1) is 17.7. The molecule has 1 saturated heterocycles. The molecule has 7 heteroatoms. The van der Waals surface area contributed by atoms with Crippen molar-refractivity contribution in [1.82, 2.24) is 14.5 Å². The van der Waals surface area contributed by atoms with Crippen molar-refractivity contribution in [2.75, 3.05) is 20.7 Å². The topological polar surface area (TPSA) is 84.7 Å². The van der Waals surface area contributed by atoms with Gasteiger partial charge in [-0.1, -0.05) is 24.0 Å². The van der Waals surface area contributed by atoms with E-state index in [-0.39, 0.29) is 18.2 Å². The minimum atomic E-state index is -1.63. The molecule has 26 heavy (non-hydrogen) atoms. The van der Waals surface area contributed by atoms with E-state index in [1.54, 1.807) is 43.1 Å². The highest BCUT2D eigenvalue weighted by Gasteiger charge is 2.42. The van der Waals surface area contributed by atoms with Gasteiger partial charge >= 0.3 is 5.97 Å². The van der Waals surface area contributed by atoms with Gasteiger partial charge in [0.1, 0.15) is 0 Å². The summed E-state index contributed by atoms with van der Waals surface area (Å²) < 4.78 is 6.30. The van der Waals surface area contributed by atoms with Crippen LogP contribution in [0, 0.1) is 11.8 Å². The minimum absolute atomic E-state index is 0.202.